The number of nitrogens with zero attached hydrogens (tertiary/aromatic N) is 3. The molecule has 2 atom stereocenters. The van der Waals surface area contributed by atoms with Gasteiger partial charge in [0, 0.05) is 31.9 Å². The lowest BCUT2D eigenvalue weighted by Gasteiger charge is -2.39. The Kier molecular flexibility index (Phi) is 5.81. The molecule has 1 aromatic carbocycles. The number of nitrogens with one attached hydrogen (secondary N) is 1. The predicted octanol–water partition coefficient (Wildman–Crippen LogP) is 2.44. The summed E-state index contributed by atoms with van der Waals surface area (Å²) in [5, 5.41) is 2.65. The molecule has 1 N–H and O–H groups in total. The third kappa shape index (κ3) is 4.27. The van der Waals surface area contributed by atoms with Crippen molar-refractivity contribution in [2.24, 2.45) is 10.9 Å². The number of carbonyl (C=O) groups is 2. The number of amides is 1. The Hall–Kier alpha value is -3.50. The zero-order valence-corrected chi connectivity index (χ0v) is 17.1. The van der Waals surface area contributed by atoms with Crippen molar-refractivity contribution < 1.29 is 31.9 Å². The quantitative estimate of drug-likeness (QED) is 0.571. The number of anilines is 1. The van der Waals surface area contributed by atoms with Crippen LogP contribution in [-0.2, 0) is 20.5 Å². The molecule has 3 heterocycles. The highest BCUT2D eigenvalue weighted by Gasteiger charge is 2.43. The van der Waals surface area contributed by atoms with Crippen molar-refractivity contribution in [3.05, 3.63) is 54.0 Å². The molecular weight excluding hydrogens is 429 g/mol. The van der Waals surface area contributed by atoms with Crippen LogP contribution in [0.2, 0.25) is 0 Å². The molecule has 0 aliphatic carbocycles. The number of alkyl halides is 3. The molecule has 4 rings (SSSR count). The molecule has 1 saturated heterocycles. The molecule has 0 bridgehead atoms. The summed E-state index contributed by atoms with van der Waals surface area (Å²) in [4.78, 5) is 33.1. The number of esters is 1. The van der Waals surface area contributed by atoms with E-state index in [0.717, 1.165) is 12.1 Å². The molecule has 170 valence electrons. The fourth-order valence-electron chi connectivity index (χ4n) is 3.84. The van der Waals surface area contributed by atoms with E-state index in [4.69, 9.17) is 9.15 Å². The summed E-state index contributed by atoms with van der Waals surface area (Å²) < 4.78 is 49.2. The summed E-state index contributed by atoms with van der Waals surface area (Å²) >= 11 is 0. The minimum Gasteiger partial charge on any atom is -0.468 e. The first kappa shape index (κ1) is 21.7. The summed E-state index contributed by atoms with van der Waals surface area (Å²) in [5.74, 6) is -1.80. The highest BCUT2D eigenvalue weighted by molar-refractivity contribution is 6.08. The number of ether oxygens (including phenoxy) is 1. The molecule has 2 aromatic rings. The van der Waals surface area contributed by atoms with Crippen molar-refractivity contribution in [2.45, 2.75) is 12.2 Å². The molecule has 1 fully saturated rings. The van der Waals surface area contributed by atoms with E-state index < -0.39 is 35.6 Å². The highest BCUT2D eigenvalue weighted by Crippen LogP contribution is 2.33. The van der Waals surface area contributed by atoms with Gasteiger partial charge in [-0.15, -0.1) is 0 Å². The fourth-order valence-corrected chi connectivity index (χ4v) is 3.84. The second kappa shape index (κ2) is 8.56. The second-order valence-corrected chi connectivity index (χ2v) is 7.43. The summed E-state index contributed by atoms with van der Waals surface area (Å²) in [7, 11) is 1.20. The van der Waals surface area contributed by atoms with Gasteiger partial charge in [0.25, 0.3) is 0 Å². The van der Waals surface area contributed by atoms with E-state index in [1.165, 1.54) is 19.4 Å². The van der Waals surface area contributed by atoms with E-state index in [1.807, 2.05) is 9.80 Å². The van der Waals surface area contributed by atoms with Gasteiger partial charge < -0.3 is 19.0 Å². The van der Waals surface area contributed by atoms with Gasteiger partial charge in [0.2, 0.25) is 11.9 Å². The Morgan fingerprint density at radius 2 is 1.88 bits per heavy atom. The lowest BCUT2D eigenvalue weighted by Crippen LogP contribution is -2.57. The van der Waals surface area contributed by atoms with E-state index in [9.17, 15) is 22.8 Å². The Balaban J connectivity index is 1.51. The van der Waals surface area contributed by atoms with Crippen molar-refractivity contribution in [2.75, 3.05) is 38.2 Å². The number of furan rings is 1. The number of hydrogen-bond donors (Lipinski definition) is 1. The first-order chi connectivity index (χ1) is 15.3. The largest absolute Gasteiger partial charge is 0.468 e. The van der Waals surface area contributed by atoms with Crippen molar-refractivity contribution in [1.82, 2.24) is 10.2 Å². The van der Waals surface area contributed by atoms with E-state index in [-0.39, 0.29) is 0 Å². The molecule has 0 saturated carbocycles. The predicted molar refractivity (Wildman–Crippen MR) is 108 cm³/mol. The van der Waals surface area contributed by atoms with Crippen LogP contribution in [0.1, 0.15) is 17.4 Å². The number of hydrogen-bond acceptors (Lipinski definition) is 7. The van der Waals surface area contributed by atoms with Gasteiger partial charge in [-0.2, -0.15) is 13.2 Å². The summed E-state index contributed by atoms with van der Waals surface area (Å²) in [5.41, 5.74) is -0.218. The zero-order chi connectivity index (χ0) is 22.9. The van der Waals surface area contributed by atoms with Gasteiger partial charge in [0.15, 0.2) is 5.92 Å². The van der Waals surface area contributed by atoms with Gasteiger partial charge in [-0.05, 0) is 30.3 Å². The van der Waals surface area contributed by atoms with Gasteiger partial charge in [-0.1, -0.05) is 6.07 Å². The zero-order valence-electron chi connectivity index (χ0n) is 17.1. The standard InChI is InChI=1S/C21H21F3N4O4/c1-31-19(30)16-17(15-6-3-11-32-15)25-20(26-18(16)29)28-9-7-27(8-10-28)14-5-2-4-13(12-14)21(22,23)24/h2-6,11-12,16-17H,7-10H2,1H3,(H,25,26,29)/t16-,17-/m0/s1. The third-order valence-corrected chi connectivity index (χ3v) is 5.50. The van der Waals surface area contributed by atoms with Gasteiger partial charge in [-0.25, -0.2) is 4.99 Å². The number of rotatable bonds is 3. The number of carbonyl (C=O) groups excluding carboxylic acids is 2. The molecule has 0 spiro atoms. The van der Waals surface area contributed by atoms with Gasteiger partial charge >= 0.3 is 12.1 Å². The topological polar surface area (TPSA) is 87.4 Å². The highest BCUT2D eigenvalue weighted by atomic mass is 19.4. The minimum absolute atomic E-state index is 0.292. The first-order valence-electron chi connectivity index (χ1n) is 9.95. The summed E-state index contributed by atoms with van der Waals surface area (Å²) in [6, 6.07) is 7.59. The summed E-state index contributed by atoms with van der Waals surface area (Å²) in [6.07, 6.45) is -2.98. The van der Waals surface area contributed by atoms with Crippen LogP contribution in [0.15, 0.2) is 52.1 Å². The van der Waals surface area contributed by atoms with E-state index in [1.54, 1.807) is 18.2 Å². The molecule has 11 heteroatoms. The number of halogens is 3. The SMILES string of the molecule is COC(=O)[C@@H]1C(=O)NC(N2CCN(c3cccc(C(F)(F)F)c3)CC2)=N[C@H]1c1ccco1. The number of piperazine rings is 1. The minimum atomic E-state index is -4.41. The van der Waals surface area contributed by atoms with Crippen LogP contribution >= 0.6 is 0 Å². The maximum Gasteiger partial charge on any atom is 0.416 e. The lowest BCUT2D eigenvalue weighted by atomic mass is 9.95. The molecule has 0 unspecified atom stereocenters. The van der Waals surface area contributed by atoms with Gasteiger partial charge in [0.1, 0.15) is 11.8 Å². The Bertz CT molecular complexity index is 1010. The molecule has 2 aliphatic rings. The molecule has 0 radical (unpaired) electrons. The molecule has 2 aliphatic heterocycles. The van der Waals surface area contributed by atoms with Crippen LogP contribution in [0.5, 0.6) is 0 Å². The maximum absolute atomic E-state index is 13.0. The van der Waals surface area contributed by atoms with Gasteiger partial charge in [0.05, 0.1) is 18.9 Å². The Labute approximate surface area is 181 Å². The van der Waals surface area contributed by atoms with E-state index in [0.29, 0.717) is 43.6 Å². The van der Waals surface area contributed by atoms with E-state index in [2.05, 4.69) is 10.3 Å². The van der Waals surface area contributed by atoms with E-state index >= 15 is 0 Å². The van der Waals surface area contributed by atoms with Crippen molar-refractivity contribution in [3.63, 3.8) is 0 Å². The van der Waals surface area contributed by atoms with Crippen molar-refractivity contribution >= 4 is 23.5 Å². The van der Waals surface area contributed by atoms with Crippen molar-refractivity contribution in [3.8, 4) is 0 Å². The number of aliphatic imine (C=N–C) groups is 1. The third-order valence-electron chi connectivity index (χ3n) is 5.50. The van der Waals surface area contributed by atoms with Gasteiger partial charge in [-0.3, -0.25) is 14.9 Å². The molecule has 1 amide bonds. The maximum atomic E-state index is 13.0. The van der Waals surface area contributed by atoms with Crippen molar-refractivity contribution in [1.29, 1.82) is 0 Å². The van der Waals surface area contributed by atoms with Crippen LogP contribution < -0.4 is 10.2 Å². The number of methoxy groups -OCH3 is 1. The average Bonchev–Trinajstić information content (AvgIpc) is 3.32. The smallest absolute Gasteiger partial charge is 0.416 e. The van der Waals surface area contributed by atoms with Crippen LogP contribution in [0, 0.1) is 5.92 Å². The Morgan fingerprint density at radius 1 is 1.16 bits per heavy atom. The number of benzene rings is 1. The van der Waals surface area contributed by atoms with Crippen LogP contribution in [0.4, 0.5) is 18.9 Å². The number of guanidine groups is 1. The second-order valence-electron chi connectivity index (χ2n) is 7.43. The molecular formula is C21H21F3N4O4. The summed E-state index contributed by atoms with van der Waals surface area (Å²) in [6.45, 7) is 1.70. The molecule has 32 heavy (non-hydrogen) atoms. The molecule has 1 aromatic heterocycles. The Morgan fingerprint density at radius 3 is 2.50 bits per heavy atom. The first-order valence-corrected chi connectivity index (χ1v) is 9.95. The lowest BCUT2D eigenvalue weighted by molar-refractivity contribution is -0.151. The van der Waals surface area contributed by atoms with Crippen LogP contribution in [0.25, 0.3) is 0 Å². The fraction of sp³-hybridized carbons (Fsp3) is 0.381. The molecule has 8 nitrogen and oxygen atoms in total. The average molecular weight is 450 g/mol. The van der Waals surface area contributed by atoms with Crippen LogP contribution in [-0.4, -0.2) is 56.0 Å². The van der Waals surface area contributed by atoms with Crippen LogP contribution in [0.3, 0.4) is 0 Å². The normalized spacial score (nSPS) is 21.8. The monoisotopic (exact) mass is 450 g/mol.